The highest BCUT2D eigenvalue weighted by Gasteiger charge is 2.43. The number of nitriles is 1. The number of rotatable bonds is 9. The van der Waals surface area contributed by atoms with E-state index in [1.54, 1.807) is 30.3 Å². The number of carboxylic acid groups (broad SMARTS) is 1. The quantitative estimate of drug-likeness (QED) is 0.231. The predicted molar refractivity (Wildman–Crippen MR) is 156 cm³/mol. The van der Waals surface area contributed by atoms with Gasteiger partial charge in [0, 0.05) is 42.3 Å². The van der Waals surface area contributed by atoms with Crippen LogP contribution in [0.25, 0.3) is 11.3 Å². The molecular formula is C33H27F3N4O4. The van der Waals surface area contributed by atoms with Crippen LogP contribution in [0, 0.1) is 28.8 Å². The third-order valence-corrected chi connectivity index (χ3v) is 7.95. The number of carboxylic acids is 1. The zero-order chi connectivity index (χ0) is 31.0. The number of hydrogen-bond donors (Lipinski definition) is 2. The zero-order valence-electron chi connectivity index (χ0n) is 23.6. The molecule has 224 valence electrons. The molecule has 0 saturated carbocycles. The van der Waals surface area contributed by atoms with Crippen molar-refractivity contribution in [3.63, 3.8) is 0 Å². The van der Waals surface area contributed by atoms with E-state index in [0.717, 1.165) is 12.5 Å². The highest BCUT2D eigenvalue weighted by atomic mass is 19.1. The zero-order valence-corrected chi connectivity index (χ0v) is 23.6. The summed E-state index contributed by atoms with van der Waals surface area (Å²) >= 11 is 0. The summed E-state index contributed by atoms with van der Waals surface area (Å²) in [6.07, 6.45) is 0.680. The molecule has 1 aromatic heterocycles. The van der Waals surface area contributed by atoms with E-state index in [0.29, 0.717) is 24.5 Å². The number of aromatic nitrogens is 1. The molecular weight excluding hydrogens is 573 g/mol. The molecule has 0 aliphatic carbocycles. The van der Waals surface area contributed by atoms with Crippen LogP contribution in [0.4, 0.5) is 24.5 Å². The summed E-state index contributed by atoms with van der Waals surface area (Å²) < 4.78 is 56.8. The van der Waals surface area contributed by atoms with Crippen molar-refractivity contribution >= 4 is 17.3 Å². The first kappa shape index (κ1) is 29.0. The fraction of sp³-hybridized carbons (Fsp3) is 0.242. The monoisotopic (exact) mass is 600 g/mol. The summed E-state index contributed by atoms with van der Waals surface area (Å²) in [6, 6.07) is 17.8. The summed E-state index contributed by atoms with van der Waals surface area (Å²) in [5.74, 6) is -3.06. The number of benzene rings is 3. The highest BCUT2D eigenvalue weighted by Crippen LogP contribution is 2.43. The second kappa shape index (κ2) is 11.5. The van der Waals surface area contributed by atoms with Crippen molar-refractivity contribution in [1.29, 1.82) is 5.26 Å². The fourth-order valence-corrected chi connectivity index (χ4v) is 5.49. The molecule has 0 amide bonds. The van der Waals surface area contributed by atoms with E-state index in [9.17, 15) is 14.3 Å². The summed E-state index contributed by atoms with van der Waals surface area (Å²) in [5, 5.41) is 21.8. The van der Waals surface area contributed by atoms with Gasteiger partial charge in [-0.2, -0.15) is 5.26 Å². The first-order valence-corrected chi connectivity index (χ1v) is 13.9. The molecule has 1 fully saturated rings. The number of aromatic carboxylic acids is 1. The first-order valence-electron chi connectivity index (χ1n) is 13.9. The van der Waals surface area contributed by atoms with Crippen molar-refractivity contribution in [1.82, 2.24) is 4.98 Å². The van der Waals surface area contributed by atoms with Crippen LogP contribution in [0.3, 0.4) is 0 Å². The smallest absolute Gasteiger partial charge is 0.335 e. The maximum Gasteiger partial charge on any atom is 0.335 e. The number of anilines is 2. The molecule has 2 N–H and O–H groups in total. The van der Waals surface area contributed by atoms with E-state index in [2.05, 4.69) is 10.3 Å². The second-order valence-electron chi connectivity index (χ2n) is 11.0. The Bertz CT molecular complexity index is 1780. The van der Waals surface area contributed by atoms with Gasteiger partial charge < -0.3 is 24.8 Å². The van der Waals surface area contributed by atoms with Crippen LogP contribution in [0.1, 0.15) is 40.4 Å². The summed E-state index contributed by atoms with van der Waals surface area (Å²) in [7, 11) is 0. The molecule has 8 nitrogen and oxygen atoms in total. The topological polar surface area (TPSA) is 108 Å². The molecule has 0 bridgehead atoms. The summed E-state index contributed by atoms with van der Waals surface area (Å²) in [6.45, 7) is 2.71. The van der Waals surface area contributed by atoms with Gasteiger partial charge in [-0.25, -0.2) is 22.9 Å². The van der Waals surface area contributed by atoms with Crippen LogP contribution >= 0.6 is 0 Å². The lowest BCUT2D eigenvalue weighted by Gasteiger charge is -2.41. The normalized spacial score (nSPS) is 18.6. The third kappa shape index (κ3) is 5.64. The lowest BCUT2D eigenvalue weighted by atomic mass is 9.96. The fourth-order valence-electron chi connectivity index (χ4n) is 5.49. The minimum Gasteiger partial charge on any atom is -0.478 e. The second-order valence-corrected chi connectivity index (χ2v) is 11.0. The molecule has 3 aromatic carbocycles. The van der Waals surface area contributed by atoms with Gasteiger partial charge in [-0.05, 0) is 61.9 Å². The molecule has 0 radical (unpaired) electrons. The van der Waals surface area contributed by atoms with Crippen LogP contribution in [0.2, 0.25) is 0 Å². The molecule has 4 aromatic rings. The van der Waals surface area contributed by atoms with Crippen molar-refractivity contribution < 1.29 is 32.5 Å². The van der Waals surface area contributed by atoms with Crippen LogP contribution < -0.4 is 15.0 Å². The van der Waals surface area contributed by atoms with Gasteiger partial charge in [0.05, 0.1) is 40.4 Å². The Kier molecular flexibility index (Phi) is 7.61. The Morgan fingerprint density at radius 2 is 1.91 bits per heavy atom. The Morgan fingerprint density at radius 3 is 2.57 bits per heavy atom. The van der Waals surface area contributed by atoms with Crippen LogP contribution in [0.15, 0.2) is 66.7 Å². The Labute approximate surface area is 251 Å². The van der Waals surface area contributed by atoms with Gasteiger partial charge >= 0.3 is 5.97 Å². The van der Waals surface area contributed by atoms with Crippen molar-refractivity contribution in [2.45, 2.75) is 38.1 Å². The van der Waals surface area contributed by atoms with Crippen molar-refractivity contribution in [2.75, 3.05) is 23.4 Å². The minimum atomic E-state index is -1.07. The van der Waals surface area contributed by atoms with E-state index < -0.39 is 29.1 Å². The number of pyridine rings is 1. The van der Waals surface area contributed by atoms with E-state index in [1.165, 1.54) is 30.3 Å². The van der Waals surface area contributed by atoms with E-state index >= 15 is 8.78 Å². The van der Waals surface area contributed by atoms with Crippen LogP contribution in [-0.2, 0) is 17.8 Å². The molecule has 0 spiro atoms. The van der Waals surface area contributed by atoms with Crippen LogP contribution in [-0.4, -0.2) is 41.0 Å². The Morgan fingerprint density at radius 1 is 1.14 bits per heavy atom. The van der Waals surface area contributed by atoms with Gasteiger partial charge in [0.2, 0.25) is 5.88 Å². The maximum atomic E-state index is 15.6. The number of nitrogens with zero attached hydrogens (tertiary/aromatic N) is 3. The maximum absolute atomic E-state index is 15.6. The Hall–Kier alpha value is -5.08. The minimum absolute atomic E-state index is 0.0680. The van der Waals surface area contributed by atoms with Gasteiger partial charge in [-0.3, -0.25) is 0 Å². The molecule has 6 rings (SSSR count). The van der Waals surface area contributed by atoms with Gasteiger partial charge in [-0.1, -0.05) is 12.1 Å². The lowest BCUT2D eigenvalue weighted by Crippen LogP contribution is -2.54. The first-order chi connectivity index (χ1) is 21.1. The number of halogens is 3. The molecule has 2 aliphatic rings. The number of hydrogen-bond acceptors (Lipinski definition) is 7. The van der Waals surface area contributed by atoms with E-state index in [1.807, 2.05) is 17.9 Å². The van der Waals surface area contributed by atoms with Gasteiger partial charge in [-0.15, -0.1) is 0 Å². The average Bonchev–Trinajstić information content (AvgIpc) is 3.26. The molecule has 1 saturated heterocycles. The SMILES string of the molecule is CC1(Cc2c(F)cc(-c3cccc(OCc4ccc(C#N)cc4F)n3)cc2F)Nc2ccc(C(=O)O)cc2N1C[C@@H]1CCO1. The van der Waals surface area contributed by atoms with Gasteiger partial charge in [0.25, 0.3) is 0 Å². The number of ether oxygens (including phenoxy) is 2. The lowest BCUT2D eigenvalue weighted by molar-refractivity contribution is -0.0460. The molecule has 2 atom stereocenters. The number of carbonyl (C=O) groups is 1. The molecule has 44 heavy (non-hydrogen) atoms. The number of fused-ring (bicyclic) bond motifs is 1. The molecule has 3 heterocycles. The van der Waals surface area contributed by atoms with Crippen molar-refractivity contribution in [3.05, 3.63) is 106 Å². The Balaban J connectivity index is 1.24. The van der Waals surface area contributed by atoms with Gasteiger partial charge in [0.1, 0.15) is 29.7 Å². The standard InChI is InChI=1S/C33H27F3N4O4/c1-33(39-29-8-7-20(32(41)42)14-30(29)40(33)17-23-9-10-43-23)15-24-26(35)12-22(13-27(24)36)28-3-2-4-31(38-28)44-18-21-6-5-19(16-37)11-25(21)34/h2-8,11-14,23,39H,9-10,15,17-18H2,1H3,(H,41,42)/t23-,33?/m0/s1. The average molecular weight is 601 g/mol. The third-order valence-electron chi connectivity index (χ3n) is 7.95. The highest BCUT2D eigenvalue weighted by molar-refractivity contribution is 5.92. The molecule has 1 unspecified atom stereocenters. The number of nitrogens with one attached hydrogen (secondary N) is 1. The summed E-state index contributed by atoms with van der Waals surface area (Å²) in [5.41, 5.74) is 1.15. The van der Waals surface area contributed by atoms with Crippen molar-refractivity contribution in [3.8, 4) is 23.2 Å². The molecule has 11 heteroatoms. The van der Waals surface area contributed by atoms with Gasteiger partial charge in [0.15, 0.2) is 0 Å². The van der Waals surface area contributed by atoms with Crippen molar-refractivity contribution in [2.24, 2.45) is 0 Å². The predicted octanol–water partition coefficient (Wildman–Crippen LogP) is 6.29. The van der Waals surface area contributed by atoms with Crippen LogP contribution in [0.5, 0.6) is 5.88 Å². The molecule has 2 aliphatic heterocycles. The largest absolute Gasteiger partial charge is 0.478 e. The van der Waals surface area contributed by atoms with E-state index in [-0.39, 0.29) is 58.5 Å². The van der Waals surface area contributed by atoms with E-state index in [4.69, 9.17) is 14.7 Å². The summed E-state index contributed by atoms with van der Waals surface area (Å²) in [4.78, 5) is 17.9.